The number of rotatable bonds is 0. The van der Waals surface area contributed by atoms with Crippen LogP contribution in [-0.2, 0) is 21.6 Å². The van der Waals surface area contributed by atoms with E-state index in [-0.39, 0.29) is 17.1 Å². The van der Waals surface area contributed by atoms with Gasteiger partial charge in [-0.3, -0.25) is 0 Å². The predicted octanol–water partition coefficient (Wildman–Crippen LogP) is -4.80. The first-order valence-electron chi connectivity index (χ1n) is 1.64. The molecule has 0 aliphatic rings. The molecule has 11 heavy (non-hydrogen) atoms. The third-order valence-electron chi connectivity index (χ3n) is 0. The van der Waals surface area contributed by atoms with Crippen molar-refractivity contribution in [2.45, 2.75) is 0 Å². The fraction of sp³-hybridized carbons (Fsp3) is 0. The van der Waals surface area contributed by atoms with Gasteiger partial charge >= 0.3 is 24.9 Å². The van der Waals surface area contributed by atoms with Gasteiger partial charge in [0.2, 0.25) is 0 Å². The standard InChI is InChI=1S/Fe.H3O4P.H2O4Si/c;2*1-5(2,3)4/h;(H3,1,2,3,4);1-2H/q+2;;-2. The van der Waals surface area contributed by atoms with Gasteiger partial charge in [-0.15, -0.1) is 0 Å². The fourth-order valence-corrected chi connectivity index (χ4v) is 0. The molecule has 0 unspecified atom stereocenters. The Labute approximate surface area is 73.0 Å². The van der Waals surface area contributed by atoms with Crippen molar-refractivity contribution in [3.8, 4) is 0 Å². The zero-order valence-corrected chi connectivity index (χ0v) is 7.76. The summed E-state index contributed by atoms with van der Waals surface area (Å²) in [6.07, 6.45) is 0. The summed E-state index contributed by atoms with van der Waals surface area (Å²) in [5.41, 5.74) is 0. The van der Waals surface area contributed by atoms with Crippen LogP contribution in [-0.4, -0.2) is 33.3 Å². The van der Waals surface area contributed by atoms with Crippen molar-refractivity contribution in [2.24, 2.45) is 0 Å². The molecule has 0 amide bonds. The van der Waals surface area contributed by atoms with Gasteiger partial charge in [-0.1, -0.05) is 0 Å². The summed E-state index contributed by atoms with van der Waals surface area (Å²) in [6.45, 7) is 0. The Morgan fingerprint density at radius 2 is 1.09 bits per heavy atom. The second kappa shape index (κ2) is 6.23. The van der Waals surface area contributed by atoms with E-state index in [9.17, 15) is 0 Å². The molecule has 11 heteroatoms. The maximum Gasteiger partial charge on any atom is 2.00 e. The third kappa shape index (κ3) is 1710. The van der Waals surface area contributed by atoms with Crippen LogP contribution in [0.4, 0.5) is 0 Å². The van der Waals surface area contributed by atoms with Crippen molar-refractivity contribution < 1.29 is 55.5 Å². The van der Waals surface area contributed by atoms with Crippen LogP contribution in [0.15, 0.2) is 0 Å². The van der Waals surface area contributed by atoms with E-state index in [1.807, 2.05) is 0 Å². The Morgan fingerprint density at radius 1 is 1.09 bits per heavy atom. The van der Waals surface area contributed by atoms with E-state index >= 15 is 0 Å². The molecule has 0 radical (unpaired) electrons. The van der Waals surface area contributed by atoms with E-state index in [4.69, 9.17) is 38.4 Å². The first-order valence-corrected chi connectivity index (χ1v) is 4.91. The molecule has 0 bridgehead atoms. The van der Waals surface area contributed by atoms with Crippen molar-refractivity contribution in [3.63, 3.8) is 0 Å². The minimum absolute atomic E-state index is 0. The Balaban J connectivity index is -0.000000107. The molecule has 0 fully saturated rings. The second-order valence-electron chi connectivity index (χ2n) is 1.06. The van der Waals surface area contributed by atoms with Crippen molar-refractivity contribution in [1.82, 2.24) is 0 Å². The van der Waals surface area contributed by atoms with Gasteiger partial charge in [-0.25, -0.2) is 4.57 Å². The van der Waals surface area contributed by atoms with Crippen LogP contribution in [0.3, 0.4) is 0 Å². The maximum absolute atomic E-state index is 8.88. The predicted molar refractivity (Wildman–Crippen MR) is 24.5 cm³/mol. The zero-order chi connectivity index (χ0) is 9.00. The van der Waals surface area contributed by atoms with E-state index in [1.54, 1.807) is 0 Å². The molecule has 0 atom stereocenters. The summed E-state index contributed by atoms with van der Waals surface area (Å²) in [5, 5.41) is 0. The minimum atomic E-state index is -5.11. The molecule has 0 aromatic rings. The fourth-order valence-electron chi connectivity index (χ4n) is 0. The summed E-state index contributed by atoms with van der Waals surface area (Å²) in [4.78, 5) is 53.4. The number of hydrogen-bond donors (Lipinski definition) is 5. The Hall–Kier alpha value is 0.686. The molecular formula is H5FeO8PSi. The van der Waals surface area contributed by atoms with Crippen molar-refractivity contribution in [3.05, 3.63) is 0 Å². The largest absolute Gasteiger partial charge is 2.00 e. The van der Waals surface area contributed by atoms with Gasteiger partial charge in [0.05, 0.1) is 0 Å². The van der Waals surface area contributed by atoms with Gasteiger partial charge in [0.15, 0.2) is 0 Å². The Morgan fingerprint density at radius 3 is 1.09 bits per heavy atom. The van der Waals surface area contributed by atoms with Gasteiger partial charge < -0.3 is 33.9 Å². The molecule has 5 N–H and O–H groups in total. The maximum atomic E-state index is 8.88. The van der Waals surface area contributed by atoms with E-state index < -0.39 is 16.9 Å². The van der Waals surface area contributed by atoms with Crippen LogP contribution in [0.2, 0.25) is 0 Å². The molecule has 0 saturated heterocycles. The summed E-state index contributed by atoms with van der Waals surface area (Å²) in [6, 6.07) is 0. The molecule has 0 aliphatic carbocycles. The van der Waals surface area contributed by atoms with E-state index in [2.05, 4.69) is 0 Å². The summed E-state index contributed by atoms with van der Waals surface area (Å²) in [7, 11) is -9.75. The third-order valence-corrected chi connectivity index (χ3v) is 0. The molecule has 0 rings (SSSR count). The smallest absolute Gasteiger partial charge is 0.828 e. The summed E-state index contributed by atoms with van der Waals surface area (Å²) in [5.74, 6) is 0. The molecule has 0 aliphatic heterocycles. The van der Waals surface area contributed by atoms with Crippen LogP contribution >= 0.6 is 7.82 Å². The molecule has 0 heterocycles. The van der Waals surface area contributed by atoms with E-state index in [1.165, 1.54) is 0 Å². The molecule has 8 nitrogen and oxygen atoms in total. The molecule has 0 aromatic heterocycles. The monoisotopic (exact) mass is 248 g/mol. The van der Waals surface area contributed by atoms with Crippen LogP contribution < -0.4 is 9.59 Å². The van der Waals surface area contributed by atoms with Crippen molar-refractivity contribution in [2.75, 3.05) is 0 Å². The normalized spacial score (nSPS) is 10.8. The average molecular weight is 248 g/mol. The number of hydrogen-bond acceptors (Lipinski definition) is 5. The van der Waals surface area contributed by atoms with Gasteiger partial charge in [-0.2, -0.15) is 0 Å². The van der Waals surface area contributed by atoms with E-state index in [0.29, 0.717) is 0 Å². The van der Waals surface area contributed by atoms with Crippen molar-refractivity contribution >= 4 is 16.9 Å². The minimum Gasteiger partial charge on any atom is -0.828 e. The first kappa shape index (κ1) is 17.7. The zero-order valence-electron chi connectivity index (χ0n) is 4.76. The van der Waals surface area contributed by atoms with Crippen LogP contribution in [0, 0.1) is 0 Å². The Bertz CT molecular complexity index is 106. The Kier molecular flexibility index (Phi) is 10.0. The summed E-state index contributed by atoms with van der Waals surface area (Å²) >= 11 is 0. The topological polar surface area (TPSA) is 164 Å². The SMILES string of the molecule is O=P(O)(O)O.[Fe+2].[O-][Si]([O-])(O)O. The quantitative estimate of drug-likeness (QED) is 0.210. The van der Waals surface area contributed by atoms with Gasteiger partial charge in [0.1, 0.15) is 9.05 Å². The summed E-state index contributed by atoms with van der Waals surface area (Å²) < 4.78 is 8.88. The van der Waals surface area contributed by atoms with Crippen LogP contribution in [0.25, 0.3) is 0 Å². The molecule has 70 valence electrons. The van der Waals surface area contributed by atoms with Crippen LogP contribution in [0.1, 0.15) is 0 Å². The molecule has 0 aromatic carbocycles. The van der Waals surface area contributed by atoms with Crippen molar-refractivity contribution in [1.29, 1.82) is 0 Å². The number of phosphoric acid groups is 1. The molecule has 0 spiro atoms. The van der Waals surface area contributed by atoms with Gasteiger partial charge in [0.25, 0.3) is 0 Å². The molecule has 0 saturated carbocycles. The second-order valence-corrected chi connectivity index (χ2v) is 3.19. The average Bonchev–Trinajstić information content (AvgIpc) is 1.12. The van der Waals surface area contributed by atoms with Gasteiger partial charge in [0, 0.05) is 0 Å². The van der Waals surface area contributed by atoms with Crippen LogP contribution in [0.5, 0.6) is 0 Å². The first-order chi connectivity index (χ1) is 4.00. The van der Waals surface area contributed by atoms with Gasteiger partial charge in [-0.05, 0) is 0 Å². The molecular weight excluding hydrogens is 243 g/mol. The van der Waals surface area contributed by atoms with E-state index in [0.717, 1.165) is 0 Å².